The minimum Gasteiger partial charge on any atom is -0.489 e. The van der Waals surface area contributed by atoms with E-state index >= 15 is 0 Å². The summed E-state index contributed by atoms with van der Waals surface area (Å²) in [6.45, 7) is 0.413. The molecule has 3 aromatic carbocycles. The van der Waals surface area contributed by atoms with Gasteiger partial charge in [-0.05, 0) is 76.2 Å². The number of esters is 1. The van der Waals surface area contributed by atoms with Crippen LogP contribution in [0, 0.1) is 13.7 Å². The van der Waals surface area contributed by atoms with Gasteiger partial charge >= 0.3 is 5.97 Å². The second kappa shape index (κ2) is 9.49. The van der Waals surface area contributed by atoms with E-state index in [1.54, 1.807) is 18.2 Å². The first-order valence-corrected chi connectivity index (χ1v) is 10.8. The molecule has 3 aromatic rings. The van der Waals surface area contributed by atoms with Crippen molar-refractivity contribution in [1.82, 2.24) is 0 Å². The van der Waals surface area contributed by atoms with Crippen LogP contribution in [0.1, 0.15) is 16.7 Å². The van der Waals surface area contributed by atoms with Crippen molar-refractivity contribution in [3.8, 4) is 5.75 Å². The summed E-state index contributed by atoms with van der Waals surface area (Å²) in [5.74, 6) is -0.0306. The lowest BCUT2D eigenvalue weighted by molar-refractivity contribution is -0.384. The third kappa shape index (κ3) is 5.14. The fraction of sp³-hybridized carbons (Fsp3) is 0.0435. The molecule has 9 heteroatoms. The van der Waals surface area contributed by atoms with Crippen molar-refractivity contribution in [1.29, 1.82) is 0 Å². The topological polar surface area (TPSA) is 91.0 Å². The van der Waals surface area contributed by atoms with Gasteiger partial charge in [-0.25, -0.2) is 9.79 Å². The van der Waals surface area contributed by atoms with E-state index in [2.05, 4.69) is 27.6 Å². The molecule has 160 valence electrons. The van der Waals surface area contributed by atoms with Gasteiger partial charge in [0.15, 0.2) is 5.70 Å². The zero-order valence-corrected chi connectivity index (χ0v) is 19.2. The highest BCUT2D eigenvalue weighted by Crippen LogP contribution is 2.28. The molecule has 7 nitrogen and oxygen atoms in total. The third-order valence-electron chi connectivity index (χ3n) is 4.47. The predicted octanol–water partition coefficient (Wildman–Crippen LogP) is 5.78. The Kier molecular flexibility index (Phi) is 6.52. The molecule has 0 saturated carbocycles. The number of nitro groups is 1. The van der Waals surface area contributed by atoms with Gasteiger partial charge in [0, 0.05) is 15.2 Å². The smallest absolute Gasteiger partial charge is 0.363 e. The first kappa shape index (κ1) is 22.0. The lowest BCUT2D eigenvalue weighted by Gasteiger charge is -2.07. The average Bonchev–Trinajstić information content (AvgIpc) is 3.13. The largest absolute Gasteiger partial charge is 0.489 e. The maximum absolute atomic E-state index is 12.3. The van der Waals surface area contributed by atoms with Gasteiger partial charge in [0.25, 0.3) is 5.69 Å². The third-order valence-corrected chi connectivity index (χ3v) is 5.46. The molecule has 0 bridgehead atoms. The first-order valence-electron chi connectivity index (χ1n) is 9.33. The first-order chi connectivity index (χ1) is 15.4. The van der Waals surface area contributed by atoms with Crippen LogP contribution in [-0.2, 0) is 16.1 Å². The minimum absolute atomic E-state index is 0.0125. The zero-order valence-electron chi connectivity index (χ0n) is 16.3. The molecular formula is C23H14ClIN2O5. The number of aliphatic imine (C=N–C) groups is 1. The quantitative estimate of drug-likeness (QED) is 0.125. The molecule has 0 atom stereocenters. The second-order valence-corrected chi connectivity index (χ2v) is 8.40. The molecule has 0 N–H and O–H groups in total. The Bertz CT molecular complexity index is 1290. The van der Waals surface area contributed by atoms with Gasteiger partial charge in [-0.3, -0.25) is 10.1 Å². The molecular weight excluding hydrogens is 547 g/mol. The molecule has 0 fully saturated rings. The SMILES string of the molecule is O=C1OC(c2ccc(Cl)c([N+](=O)[O-])c2)=N/C1=C\c1cccc(OCc2cccc(I)c2)c1. The van der Waals surface area contributed by atoms with E-state index in [0.29, 0.717) is 17.9 Å². The lowest BCUT2D eigenvalue weighted by atomic mass is 10.2. The van der Waals surface area contributed by atoms with E-state index in [9.17, 15) is 14.9 Å². The molecule has 1 aliphatic heterocycles. The highest BCUT2D eigenvalue weighted by molar-refractivity contribution is 14.1. The standard InChI is InChI=1S/C23H14ClIN2O5/c24-19-8-7-16(12-21(19)27(29)30)22-26-20(23(28)32-22)11-14-3-2-6-18(10-14)31-13-15-4-1-5-17(25)9-15/h1-12H,13H2/b20-11-. The number of ether oxygens (including phenoxy) is 2. The van der Waals surface area contributed by atoms with E-state index in [4.69, 9.17) is 21.1 Å². The number of nitrogens with zero attached hydrogens (tertiary/aromatic N) is 2. The van der Waals surface area contributed by atoms with Crippen molar-refractivity contribution in [3.05, 3.63) is 108 Å². The molecule has 0 radical (unpaired) electrons. The molecule has 1 aliphatic rings. The van der Waals surface area contributed by atoms with Crippen LogP contribution in [0.3, 0.4) is 0 Å². The minimum atomic E-state index is -0.650. The molecule has 0 unspecified atom stereocenters. The normalized spacial score (nSPS) is 14.2. The summed E-state index contributed by atoms with van der Waals surface area (Å²) in [5.41, 5.74) is 1.81. The van der Waals surface area contributed by atoms with Gasteiger partial charge in [0.05, 0.1) is 4.92 Å². The number of nitro benzene ring substituents is 1. The highest BCUT2D eigenvalue weighted by atomic mass is 127. The van der Waals surface area contributed by atoms with Crippen molar-refractivity contribution in [3.63, 3.8) is 0 Å². The summed E-state index contributed by atoms with van der Waals surface area (Å²) >= 11 is 8.08. The summed E-state index contributed by atoms with van der Waals surface area (Å²) in [6, 6.07) is 19.3. The van der Waals surface area contributed by atoms with Crippen LogP contribution in [0.25, 0.3) is 6.08 Å². The van der Waals surface area contributed by atoms with E-state index < -0.39 is 10.9 Å². The van der Waals surface area contributed by atoms with Crippen LogP contribution in [0.15, 0.2) is 77.4 Å². The van der Waals surface area contributed by atoms with Gasteiger partial charge in [0.2, 0.25) is 5.90 Å². The fourth-order valence-corrected chi connectivity index (χ4v) is 3.76. The Morgan fingerprint density at radius 2 is 1.94 bits per heavy atom. The number of halogens is 2. The molecule has 0 amide bonds. The fourth-order valence-electron chi connectivity index (χ4n) is 2.96. The number of benzene rings is 3. The van der Waals surface area contributed by atoms with E-state index in [-0.39, 0.29) is 27.9 Å². The maximum Gasteiger partial charge on any atom is 0.363 e. The van der Waals surface area contributed by atoms with E-state index in [1.165, 1.54) is 18.2 Å². The molecule has 0 saturated heterocycles. The van der Waals surface area contributed by atoms with Crippen LogP contribution in [-0.4, -0.2) is 16.8 Å². The van der Waals surface area contributed by atoms with Crippen molar-refractivity contribution in [2.24, 2.45) is 4.99 Å². The van der Waals surface area contributed by atoms with Crippen molar-refractivity contribution in [2.45, 2.75) is 6.61 Å². The second-order valence-electron chi connectivity index (χ2n) is 6.75. The molecule has 1 heterocycles. The van der Waals surface area contributed by atoms with Gasteiger partial charge in [-0.1, -0.05) is 35.9 Å². The Balaban J connectivity index is 1.54. The van der Waals surface area contributed by atoms with Crippen LogP contribution in [0.5, 0.6) is 5.75 Å². The van der Waals surface area contributed by atoms with Crippen LogP contribution >= 0.6 is 34.2 Å². The molecule has 0 aromatic heterocycles. The van der Waals surface area contributed by atoms with Gasteiger partial charge in [-0.15, -0.1) is 0 Å². The summed E-state index contributed by atoms with van der Waals surface area (Å²) < 4.78 is 12.2. The number of rotatable bonds is 6. The van der Waals surface area contributed by atoms with Gasteiger partial charge in [0.1, 0.15) is 17.4 Å². The van der Waals surface area contributed by atoms with E-state index in [0.717, 1.165) is 9.13 Å². The van der Waals surface area contributed by atoms with Gasteiger partial charge in [-0.2, -0.15) is 0 Å². The Labute approximate surface area is 201 Å². The van der Waals surface area contributed by atoms with Gasteiger partial charge < -0.3 is 9.47 Å². The number of hydrogen-bond acceptors (Lipinski definition) is 6. The number of hydrogen-bond donors (Lipinski definition) is 0. The van der Waals surface area contributed by atoms with Crippen molar-refractivity contribution < 1.29 is 19.2 Å². The number of carbonyl (C=O) groups excluding carboxylic acids is 1. The van der Waals surface area contributed by atoms with Crippen molar-refractivity contribution >= 4 is 57.8 Å². The van der Waals surface area contributed by atoms with Crippen LogP contribution < -0.4 is 4.74 Å². The molecule has 0 aliphatic carbocycles. The van der Waals surface area contributed by atoms with Crippen LogP contribution in [0.4, 0.5) is 5.69 Å². The predicted molar refractivity (Wildman–Crippen MR) is 129 cm³/mol. The summed E-state index contributed by atoms with van der Waals surface area (Å²) in [6.07, 6.45) is 1.57. The average molecular weight is 561 g/mol. The number of carbonyl (C=O) groups is 1. The highest BCUT2D eigenvalue weighted by Gasteiger charge is 2.26. The summed E-state index contributed by atoms with van der Waals surface area (Å²) in [4.78, 5) is 27.0. The zero-order chi connectivity index (χ0) is 22.7. The van der Waals surface area contributed by atoms with E-state index in [1.807, 2.05) is 36.4 Å². The Morgan fingerprint density at radius 1 is 1.12 bits per heavy atom. The monoisotopic (exact) mass is 560 g/mol. The van der Waals surface area contributed by atoms with Crippen molar-refractivity contribution in [2.75, 3.05) is 0 Å². The molecule has 4 rings (SSSR count). The summed E-state index contributed by atoms with van der Waals surface area (Å²) in [5, 5.41) is 11.1. The lowest BCUT2D eigenvalue weighted by Crippen LogP contribution is -2.06. The van der Waals surface area contributed by atoms with Crippen LogP contribution in [0.2, 0.25) is 5.02 Å². The molecule has 32 heavy (non-hydrogen) atoms. The number of cyclic esters (lactones) is 1. The summed E-state index contributed by atoms with van der Waals surface area (Å²) in [7, 11) is 0. The maximum atomic E-state index is 12.3. The molecule has 0 spiro atoms. The Hall–Kier alpha value is -3.24. The Morgan fingerprint density at radius 3 is 2.72 bits per heavy atom.